The predicted octanol–water partition coefficient (Wildman–Crippen LogP) is 4.07. The minimum Gasteiger partial charge on any atom is -0.503 e. The number of morpholine rings is 1. The molecule has 1 N–H and O–H groups in total. The van der Waals surface area contributed by atoms with Crippen molar-refractivity contribution < 1.29 is 28.6 Å². The fourth-order valence-corrected chi connectivity index (χ4v) is 4.55. The molecule has 8 nitrogen and oxygen atoms in total. The number of carbonyl (C=O) groups excluding carboxylic acids is 2. The van der Waals surface area contributed by atoms with E-state index in [0.717, 1.165) is 38.0 Å². The van der Waals surface area contributed by atoms with Crippen molar-refractivity contribution in [1.82, 2.24) is 9.80 Å². The molecule has 3 heterocycles. The maximum atomic E-state index is 13.4. The Balaban J connectivity index is 1.61. The molecule has 188 valence electrons. The standard InChI is InChI=1S/C27H34N2O6/c1-3-4-15-34-21-8-5-7-20(18-21)24-23(25(30)22-10-9-19(2)35-22)26(31)27(32)29(24)12-6-11-28-13-16-33-17-14-28/h5,7-10,18,24,31H,3-4,6,11-17H2,1-2H3. The number of aryl methyl sites for hydroxylation is 1. The summed E-state index contributed by atoms with van der Waals surface area (Å²) in [6.45, 7) is 8.78. The Labute approximate surface area is 206 Å². The Hall–Kier alpha value is -3.10. The Kier molecular flexibility index (Phi) is 8.25. The van der Waals surface area contributed by atoms with E-state index < -0.39 is 23.5 Å². The minimum absolute atomic E-state index is 0.0430. The molecule has 0 saturated carbocycles. The van der Waals surface area contributed by atoms with Gasteiger partial charge in [0.2, 0.25) is 5.78 Å². The molecule has 35 heavy (non-hydrogen) atoms. The molecule has 1 amide bonds. The molecule has 1 saturated heterocycles. The number of hydrogen-bond acceptors (Lipinski definition) is 7. The summed E-state index contributed by atoms with van der Waals surface area (Å²) in [6, 6.07) is 9.96. The second-order valence-electron chi connectivity index (χ2n) is 8.98. The Morgan fingerprint density at radius 1 is 1.14 bits per heavy atom. The number of carbonyl (C=O) groups is 2. The molecule has 1 fully saturated rings. The van der Waals surface area contributed by atoms with E-state index in [1.54, 1.807) is 24.0 Å². The van der Waals surface area contributed by atoms with Crippen LogP contribution in [-0.4, -0.2) is 72.6 Å². The summed E-state index contributed by atoms with van der Waals surface area (Å²) in [6.07, 6.45) is 2.66. The van der Waals surface area contributed by atoms with Crippen LogP contribution in [0, 0.1) is 6.92 Å². The minimum atomic E-state index is -0.722. The highest BCUT2D eigenvalue weighted by molar-refractivity contribution is 6.15. The zero-order valence-electron chi connectivity index (χ0n) is 20.5. The lowest BCUT2D eigenvalue weighted by Gasteiger charge is -2.30. The number of nitrogens with zero attached hydrogens (tertiary/aromatic N) is 2. The zero-order valence-corrected chi connectivity index (χ0v) is 20.5. The fourth-order valence-electron chi connectivity index (χ4n) is 4.55. The van der Waals surface area contributed by atoms with Gasteiger partial charge in [-0.2, -0.15) is 0 Å². The summed E-state index contributed by atoms with van der Waals surface area (Å²) >= 11 is 0. The van der Waals surface area contributed by atoms with Gasteiger partial charge in [-0.05, 0) is 49.6 Å². The Morgan fingerprint density at radius 2 is 1.94 bits per heavy atom. The lowest BCUT2D eigenvalue weighted by Crippen LogP contribution is -2.39. The zero-order chi connectivity index (χ0) is 24.8. The largest absolute Gasteiger partial charge is 0.503 e. The van der Waals surface area contributed by atoms with E-state index in [0.29, 0.717) is 44.3 Å². The average Bonchev–Trinajstić information content (AvgIpc) is 3.41. The lowest BCUT2D eigenvalue weighted by atomic mass is 9.95. The summed E-state index contributed by atoms with van der Waals surface area (Å²) in [5, 5.41) is 10.9. The quantitative estimate of drug-likeness (QED) is 0.381. The first kappa shape index (κ1) is 25.0. The number of hydrogen-bond donors (Lipinski definition) is 1. The maximum absolute atomic E-state index is 13.4. The molecule has 0 bridgehead atoms. The van der Waals surface area contributed by atoms with E-state index in [9.17, 15) is 14.7 Å². The molecule has 2 aromatic rings. The summed E-state index contributed by atoms with van der Waals surface area (Å²) in [5.74, 6) is -0.181. The first-order valence-electron chi connectivity index (χ1n) is 12.4. The molecule has 1 aromatic carbocycles. The molecule has 2 aliphatic heterocycles. The highest BCUT2D eigenvalue weighted by Gasteiger charge is 2.44. The number of ketones is 1. The third kappa shape index (κ3) is 5.77. The summed E-state index contributed by atoms with van der Waals surface area (Å²) in [5.41, 5.74) is 0.760. The molecule has 1 aromatic heterocycles. The number of unbranched alkanes of at least 4 members (excludes halogenated alkanes) is 1. The van der Waals surface area contributed by atoms with Crippen LogP contribution in [0.25, 0.3) is 0 Å². The van der Waals surface area contributed by atoms with E-state index in [-0.39, 0.29) is 11.3 Å². The van der Waals surface area contributed by atoms with Crippen molar-refractivity contribution in [1.29, 1.82) is 0 Å². The van der Waals surface area contributed by atoms with Crippen LogP contribution in [0.15, 0.2) is 52.1 Å². The topological polar surface area (TPSA) is 92.5 Å². The van der Waals surface area contributed by atoms with Crippen molar-refractivity contribution in [2.45, 2.75) is 39.2 Å². The van der Waals surface area contributed by atoms with Gasteiger partial charge in [-0.15, -0.1) is 0 Å². The molecule has 8 heteroatoms. The van der Waals surface area contributed by atoms with Gasteiger partial charge >= 0.3 is 0 Å². The molecular formula is C27H34N2O6. The lowest BCUT2D eigenvalue weighted by molar-refractivity contribution is -0.129. The van der Waals surface area contributed by atoms with Crippen LogP contribution in [0.2, 0.25) is 0 Å². The van der Waals surface area contributed by atoms with Crippen LogP contribution in [-0.2, 0) is 9.53 Å². The summed E-state index contributed by atoms with van der Waals surface area (Å²) in [4.78, 5) is 30.5. The number of aliphatic hydroxyl groups is 1. The van der Waals surface area contributed by atoms with Gasteiger partial charge in [0.25, 0.3) is 5.91 Å². The van der Waals surface area contributed by atoms with Crippen LogP contribution in [0.5, 0.6) is 5.75 Å². The monoisotopic (exact) mass is 482 g/mol. The van der Waals surface area contributed by atoms with Gasteiger partial charge in [-0.3, -0.25) is 14.5 Å². The first-order chi connectivity index (χ1) is 17.0. The maximum Gasteiger partial charge on any atom is 0.290 e. The second kappa shape index (κ2) is 11.6. The van der Waals surface area contributed by atoms with Crippen molar-refractivity contribution in [2.75, 3.05) is 46.0 Å². The molecule has 0 aliphatic carbocycles. The van der Waals surface area contributed by atoms with Crippen LogP contribution < -0.4 is 4.74 Å². The molecule has 1 unspecified atom stereocenters. The van der Waals surface area contributed by atoms with Crippen molar-refractivity contribution >= 4 is 11.7 Å². The van der Waals surface area contributed by atoms with E-state index in [4.69, 9.17) is 13.9 Å². The highest BCUT2D eigenvalue weighted by atomic mass is 16.5. The Morgan fingerprint density at radius 3 is 2.66 bits per heavy atom. The average molecular weight is 483 g/mol. The number of furan rings is 1. The Bertz CT molecular complexity index is 1070. The van der Waals surface area contributed by atoms with E-state index in [2.05, 4.69) is 11.8 Å². The second-order valence-corrected chi connectivity index (χ2v) is 8.98. The third-order valence-corrected chi connectivity index (χ3v) is 6.43. The highest BCUT2D eigenvalue weighted by Crippen LogP contribution is 2.40. The van der Waals surface area contributed by atoms with Crippen molar-refractivity contribution in [3.8, 4) is 5.75 Å². The number of rotatable bonds is 11. The van der Waals surface area contributed by atoms with Crippen LogP contribution in [0.1, 0.15) is 54.1 Å². The number of ether oxygens (including phenoxy) is 2. The van der Waals surface area contributed by atoms with Crippen molar-refractivity contribution in [3.63, 3.8) is 0 Å². The van der Waals surface area contributed by atoms with Gasteiger partial charge in [0, 0.05) is 26.2 Å². The van der Waals surface area contributed by atoms with Gasteiger partial charge in [-0.1, -0.05) is 25.5 Å². The molecular weight excluding hydrogens is 448 g/mol. The summed E-state index contributed by atoms with van der Waals surface area (Å²) in [7, 11) is 0. The first-order valence-corrected chi connectivity index (χ1v) is 12.4. The van der Waals surface area contributed by atoms with Crippen LogP contribution >= 0.6 is 0 Å². The molecule has 2 aliphatic rings. The van der Waals surface area contributed by atoms with Gasteiger partial charge in [0.05, 0.1) is 31.4 Å². The predicted molar refractivity (Wildman–Crippen MR) is 131 cm³/mol. The van der Waals surface area contributed by atoms with Gasteiger partial charge < -0.3 is 23.9 Å². The molecule has 0 spiro atoms. The van der Waals surface area contributed by atoms with Gasteiger partial charge in [-0.25, -0.2) is 0 Å². The third-order valence-electron chi connectivity index (χ3n) is 6.43. The number of amides is 1. The van der Waals surface area contributed by atoms with Crippen LogP contribution in [0.3, 0.4) is 0 Å². The number of benzene rings is 1. The van der Waals surface area contributed by atoms with E-state index in [1.807, 2.05) is 24.3 Å². The van der Waals surface area contributed by atoms with Crippen LogP contribution in [0.4, 0.5) is 0 Å². The van der Waals surface area contributed by atoms with Crippen molar-refractivity contribution in [3.05, 3.63) is 64.8 Å². The molecule has 4 rings (SSSR count). The van der Waals surface area contributed by atoms with Gasteiger partial charge in [0.1, 0.15) is 11.5 Å². The summed E-state index contributed by atoms with van der Waals surface area (Å²) < 4.78 is 16.8. The fraction of sp³-hybridized carbons (Fsp3) is 0.481. The van der Waals surface area contributed by atoms with Crippen molar-refractivity contribution in [2.24, 2.45) is 0 Å². The molecule has 0 radical (unpaired) electrons. The number of aliphatic hydroxyl groups excluding tert-OH is 1. The smallest absolute Gasteiger partial charge is 0.290 e. The SMILES string of the molecule is CCCCOc1cccc(C2C(C(=O)c3ccc(C)o3)=C(O)C(=O)N2CCCN2CCOCC2)c1. The molecule has 1 atom stereocenters. The number of Topliss-reactive ketones (excluding diaryl/α,β-unsaturated/α-hetero) is 1. The van der Waals surface area contributed by atoms with E-state index >= 15 is 0 Å². The normalized spacial score (nSPS) is 19.0. The van der Waals surface area contributed by atoms with Gasteiger partial charge in [0.15, 0.2) is 11.5 Å². The van der Waals surface area contributed by atoms with E-state index in [1.165, 1.54) is 0 Å².